The molecule has 1 heterocycles. The molecule has 0 fully saturated rings. The Kier molecular flexibility index (Phi) is 5.94. The van der Waals surface area contributed by atoms with E-state index in [1.165, 1.54) is 43.5 Å². The minimum Gasteiger partial charge on any atom is -0.463 e. The summed E-state index contributed by atoms with van der Waals surface area (Å²) in [6.07, 6.45) is 0. The minimum absolute atomic E-state index is 0.00715. The number of furan rings is 1. The lowest BCUT2D eigenvalue weighted by Crippen LogP contribution is -2.23. The van der Waals surface area contributed by atoms with E-state index >= 15 is 0 Å². The van der Waals surface area contributed by atoms with Crippen molar-refractivity contribution >= 4 is 22.0 Å². The molecule has 8 nitrogen and oxygen atoms in total. The molecule has 9 heteroatoms. The summed E-state index contributed by atoms with van der Waals surface area (Å²) >= 11 is 0. The monoisotopic (exact) mass is 367 g/mol. The molecule has 25 heavy (non-hydrogen) atoms. The number of ether oxygens (including phenoxy) is 2. The fraction of sp³-hybridized carbons (Fsp3) is 0.250. The summed E-state index contributed by atoms with van der Waals surface area (Å²) in [6, 6.07) is 8.37. The third-order valence-corrected chi connectivity index (χ3v) is 4.65. The Balaban J connectivity index is 2.06. The van der Waals surface area contributed by atoms with Gasteiger partial charge < -0.3 is 13.9 Å². The Morgan fingerprint density at radius 3 is 2.60 bits per heavy atom. The Morgan fingerprint density at radius 1 is 1.16 bits per heavy atom. The van der Waals surface area contributed by atoms with Crippen molar-refractivity contribution in [2.24, 2.45) is 0 Å². The molecular formula is C16H17NO7S. The van der Waals surface area contributed by atoms with E-state index in [9.17, 15) is 18.0 Å². The quantitative estimate of drug-likeness (QED) is 0.742. The second kappa shape index (κ2) is 7.95. The van der Waals surface area contributed by atoms with Crippen LogP contribution in [0.15, 0.2) is 45.7 Å². The van der Waals surface area contributed by atoms with E-state index in [1.807, 2.05) is 0 Å². The molecule has 0 aliphatic rings. The van der Waals surface area contributed by atoms with Crippen molar-refractivity contribution in [3.8, 4) is 0 Å². The third-order valence-electron chi connectivity index (χ3n) is 3.11. The van der Waals surface area contributed by atoms with Crippen molar-refractivity contribution in [3.63, 3.8) is 0 Å². The molecule has 0 radical (unpaired) electrons. The molecular weight excluding hydrogens is 350 g/mol. The lowest BCUT2D eigenvalue weighted by Gasteiger charge is -2.07. The van der Waals surface area contributed by atoms with Crippen LogP contribution in [0, 0.1) is 0 Å². The maximum absolute atomic E-state index is 12.1. The molecule has 0 unspecified atom stereocenters. The zero-order valence-electron chi connectivity index (χ0n) is 13.6. The number of hydrogen-bond acceptors (Lipinski definition) is 7. The third kappa shape index (κ3) is 4.68. The summed E-state index contributed by atoms with van der Waals surface area (Å²) in [5.41, 5.74) is 0.0822. The van der Waals surface area contributed by atoms with Crippen LogP contribution >= 0.6 is 0 Å². The van der Waals surface area contributed by atoms with Gasteiger partial charge in [-0.05, 0) is 30.3 Å². The average molecular weight is 367 g/mol. The van der Waals surface area contributed by atoms with E-state index in [0.717, 1.165) is 0 Å². The van der Waals surface area contributed by atoms with Crippen LogP contribution in [-0.4, -0.2) is 34.0 Å². The van der Waals surface area contributed by atoms with Gasteiger partial charge in [0, 0.05) is 6.54 Å². The second-order valence-corrected chi connectivity index (χ2v) is 6.63. The Morgan fingerprint density at radius 2 is 1.92 bits per heavy atom. The van der Waals surface area contributed by atoms with Crippen molar-refractivity contribution in [2.45, 2.75) is 18.4 Å². The molecule has 0 aliphatic heterocycles. The normalized spacial score (nSPS) is 11.1. The molecule has 0 saturated carbocycles. The van der Waals surface area contributed by atoms with Crippen molar-refractivity contribution in [1.29, 1.82) is 0 Å². The first-order valence-electron chi connectivity index (χ1n) is 7.31. The maximum Gasteiger partial charge on any atom is 0.373 e. The van der Waals surface area contributed by atoms with Gasteiger partial charge in [-0.15, -0.1) is 0 Å². The lowest BCUT2D eigenvalue weighted by atomic mass is 10.2. The first kappa shape index (κ1) is 18.7. The summed E-state index contributed by atoms with van der Waals surface area (Å²) in [7, 11) is -2.45. The molecule has 1 aromatic carbocycles. The van der Waals surface area contributed by atoms with E-state index in [1.54, 1.807) is 6.92 Å². The molecule has 134 valence electrons. The van der Waals surface area contributed by atoms with Gasteiger partial charge in [0.2, 0.25) is 15.8 Å². The highest BCUT2D eigenvalue weighted by molar-refractivity contribution is 7.89. The van der Waals surface area contributed by atoms with E-state index < -0.39 is 22.0 Å². The van der Waals surface area contributed by atoms with Crippen LogP contribution < -0.4 is 4.72 Å². The summed E-state index contributed by atoms with van der Waals surface area (Å²) in [4.78, 5) is 23.3. The highest BCUT2D eigenvalue weighted by Crippen LogP contribution is 2.14. The van der Waals surface area contributed by atoms with Gasteiger partial charge in [0.05, 0.1) is 17.6 Å². The zero-order chi connectivity index (χ0) is 18.4. The fourth-order valence-corrected chi connectivity index (χ4v) is 3.04. The Hall–Kier alpha value is -2.65. The zero-order valence-corrected chi connectivity index (χ0v) is 14.5. The molecule has 0 amide bonds. The highest BCUT2D eigenvalue weighted by atomic mass is 32.2. The minimum atomic E-state index is -3.67. The summed E-state index contributed by atoms with van der Waals surface area (Å²) in [5.74, 6) is -1.11. The molecule has 0 spiro atoms. The molecule has 2 aromatic rings. The van der Waals surface area contributed by atoms with Gasteiger partial charge in [0.15, 0.2) is 0 Å². The summed E-state index contributed by atoms with van der Waals surface area (Å²) < 4.78 is 41.0. The van der Waals surface area contributed by atoms with E-state index in [-0.39, 0.29) is 35.1 Å². The molecule has 1 N–H and O–H groups in total. The van der Waals surface area contributed by atoms with Crippen LogP contribution in [0.5, 0.6) is 0 Å². The number of esters is 2. The number of carbonyl (C=O) groups excluding carboxylic acids is 2. The topological polar surface area (TPSA) is 112 Å². The van der Waals surface area contributed by atoms with Gasteiger partial charge in [0.1, 0.15) is 12.4 Å². The van der Waals surface area contributed by atoms with Crippen molar-refractivity contribution in [1.82, 2.24) is 4.72 Å². The van der Waals surface area contributed by atoms with Crippen LogP contribution in [0.2, 0.25) is 0 Å². The van der Waals surface area contributed by atoms with Gasteiger partial charge in [0.25, 0.3) is 0 Å². The standard InChI is InChI=1S/C16H17NO7S/c1-3-17-25(20,21)13-6-4-5-11(9-13)15(18)23-10-12-7-8-14(24-12)16(19)22-2/h4-9,17H,3,10H2,1-2H3. The molecule has 0 bridgehead atoms. The maximum atomic E-state index is 12.1. The number of nitrogens with one attached hydrogen (secondary N) is 1. The van der Waals surface area contributed by atoms with Crippen LogP contribution in [0.25, 0.3) is 0 Å². The summed E-state index contributed by atoms with van der Waals surface area (Å²) in [5, 5.41) is 0. The van der Waals surface area contributed by atoms with Crippen LogP contribution in [0.3, 0.4) is 0 Å². The van der Waals surface area contributed by atoms with Gasteiger partial charge in [-0.3, -0.25) is 0 Å². The molecule has 0 atom stereocenters. The van der Waals surface area contributed by atoms with Crippen LogP contribution in [0.1, 0.15) is 33.6 Å². The summed E-state index contributed by atoms with van der Waals surface area (Å²) in [6.45, 7) is 1.68. The van der Waals surface area contributed by atoms with Crippen LogP contribution in [-0.2, 0) is 26.1 Å². The van der Waals surface area contributed by atoms with Crippen molar-refractivity contribution < 1.29 is 31.9 Å². The SMILES string of the molecule is CCNS(=O)(=O)c1cccc(C(=O)OCc2ccc(C(=O)OC)o2)c1. The first-order chi connectivity index (χ1) is 11.9. The van der Waals surface area contributed by atoms with Crippen molar-refractivity contribution in [3.05, 3.63) is 53.5 Å². The second-order valence-electron chi connectivity index (χ2n) is 4.86. The predicted octanol–water partition coefficient (Wildman–Crippen LogP) is 1.72. The first-order valence-corrected chi connectivity index (χ1v) is 8.79. The molecule has 0 saturated heterocycles. The van der Waals surface area contributed by atoms with Gasteiger partial charge in [-0.1, -0.05) is 13.0 Å². The Labute approximate surface area is 144 Å². The molecule has 2 rings (SSSR count). The molecule has 0 aliphatic carbocycles. The number of hydrogen-bond donors (Lipinski definition) is 1. The highest BCUT2D eigenvalue weighted by Gasteiger charge is 2.17. The molecule has 1 aromatic heterocycles. The fourth-order valence-electron chi connectivity index (χ4n) is 1.95. The lowest BCUT2D eigenvalue weighted by molar-refractivity contribution is 0.0438. The number of methoxy groups -OCH3 is 1. The van der Waals surface area contributed by atoms with Crippen molar-refractivity contribution in [2.75, 3.05) is 13.7 Å². The number of sulfonamides is 1. The van der Waals surface area contributed by atoms with Gasteiger partial charge in [-0.25, -0.2) is 22.7 Å². The van der Waals surface area contributed by atoms with E-state index in [2.05, 4.69) is 9.46 Å². The number of rotatable bonds is 7. The van der Waals surface area contributed by atoms with Gasteiger partial charge >= 0.3 is 11.9 Å². The Bertz CT molecular complexity index is 870. The van der Waals surface area contributed by atoms with Crippen LogP contribution in [0.4, 0.5) is 0 Å². The van der Waals surface area contributed by atoms with E-state index in [4.69, 9.17) is 9.15 Å². The predicted molar refractivity (Wildman–Crippen MR) is 86.5 cm³/mol. The average Bonchev–Trinajstić information content (AvgIpc) is 3.08. The number of carbonyl (C=O) groups is 2. The van der Waals surface area contributed by atoms with Gasteiger partial charge in [-0.2, -0.15) is 0 Å². The largest absolute Gasteiger partial charge is 0.463 e. The van der Waals surface area contributed by atoms with E-state index in [0.29, 0.717) is 0 Å². The number of benzene rings is 1. The smallest absolute Gasteiger partial charge is 0.373 e.